The van der Waals surface area contributed by atoms with Crippen molar-refractivity contribution in [2.24, 2.45) is 0 Å². The number of aromatic nitrogens is 2. The Morgan fingerprint density at radius 3 is 3.00 bits per heavy atom. The highest BCUT2D eigenvalue weighted by Crippen LogP contribution is 2.08. The fourth-order valence-electron chi connectivity index (χ4n) is 1.62. The Hall–Kier alpha value is -2.17. The van der Waals surface area contributed by atoms with E-state index in [4.69, 9.17) is 5.11 Å². The van der Waals surface area contributed by atoms with Gasteiger partial charge in [-0.25, -0.2) is 9.37 Å². The summed E-state index contributed by atoms with van der Waals surface area (Å²) in [4.78, 5) is 14.5. The lowest BCUT2D eigenvalue weighted by Gasteiger charge is -2.06. The van der Waals surface area contributed by atoms with Crippen LogP contribution in [0, 0.1) is 5.82 Å². The number of carboxylic acid groups (broad SMARTS) is 1. The van der Waals surface area contributed by atoms with E-state index in [1.54, 1.807) is 23.0 Å². The van der Waals surface area contributed by atoms with Gasteiger partial charge in [0, 0.05) is 18.4 Å². The lowest BCUT2D eigenvalue weighted by molar-refractivity contribution is -0.136. The average molecular weight is 234 g/mol. The van der Waals surface area contributed by atoms with Gasteiger partial charge in [-0.1, -0.05) is 12.1 Å². The number of rotatable bonds is 4. The smallest absolute Gasteiger partial charge is 0.309 e. The summed E-state index contributed by atoms with van der Waals surface area (Å²) in [5.41, 5.74) is 1.37. The number of hydrogen-bond donors (Lipinski definition) is 1. The van der Waals surface area contributed by atoms with Crippen molar-refractivity contribution in [2.45, 2.75) is 13.0 Å². The predicted octanol–water partition coefficient (Wildman–Crippen LogP) is 1.70. The van der Waals surface area contributed by atoms with Crippen molar-refractivity contribution in [3.63, 3.8) is 0 Å². The Morgan fingerprint density at radius 1 is 1.47 bits per heavy atom. The zero-order chi connectivity index (χ0) is 12.3. The zero-order valence-electron chi connectivity index (χ0n) is 9.01. The molecule has 0 atom stereocenters. The van der Waals surface area contributed by atoms with Crippen LogP contribution in [0.1, 0.15) is 11.3 Å². The second-order valence-electron chi connectivity index (χ2n) is 3.71. The predicted molar refractivity (Wildman–Crippen MR) is 59.1 cm³/mol. The number of imidazole rings is 1. The lowest BCUT2D eigenvalue weighted by atomic mass is 10.2. The maximum Gasteiger partial charge on any atom is 0.309 e. The van der Waals surface area contributed by atoms with Gasteiger partial charge in [0.25, 0.3) is 0 Å². The molecular weight excluding hydrogens is 223 g/mol. The van der Waals surface area contributed by atoms with Crippen LogP contribution in [-0.4, -0.2) is 20.6 Å². The van der Waals surface area contributed by atoms with Crippen LogP contribution in [-0.2, 0) is 17.8 Å². The summed E-state index contributed by atoms with van der Waals surface area (Å²) in [6.45, 7) is 0.417. The molecule has 2 aromatic rings. The Bertz CT molecular complexity index is 537. The maximum atomic E-state index is 13.0. The van der Waals surface area contributed by atoms with E-state index in [0.29, 0.717) is 12.2 Å². The molecule has 0 saturated carbocycles. The van der Waals surface area contributed by atoms with Gasteiger partial charge >= 0.3 is 5.97 Å². The molecule has 88 valence electrons. The summed E-state index contributed by atoms with van der Waals surface area (Å²) in [7, 11) is 0. The molecule has 0 amide bonds. The molecule has 17 heavy (non-hydrogen) atoms. The Labute approximate surface area is 97.3 Å². The number of halogens is 1. The van der Waals surface area contributed by atoms with E-state index >= 15 is 0 Å². The standard InChI is InChI=1S/C12H11FN2O2/c13-10-3-1-2-9(4-10)7-15-8-14-6-11(15)5-12(16)17/h1-4,6,8H,5,7H2,(H,16,17). The van der Waals surface area contributed by atoms with Crippen molar-refractivity contribution in [3.8, 4) is 0 Å². The molecule has 4 nitrogen and oxygen atoms in total. The van der Waals surface area contributed by atoms with E-state index < -0.39 is 5.97 Å². The number of benzene rings is 1. The van der Waals surface area contributed by atoms with Gasteiger partial charge in [0.2, 0.25) is 0 Å². The summed E-state index contributed by atoms with van der Waals surface area (Å²) in [5, 5.41) is 8.72. The van der Waals surface area contributed by atoms with Crippen molar-refractivity contribution in [3.05, 3.63) is 53.9 Å². The number of carboxylic acids is 1. The van der Waals surface area contributed by atoms with E-state index in [-0.39, 0.29) is 12.2 Å². The second kappa shape index (κ2) is 4.78. The molecule has 0 fully saturated rings. The molecule has 0 aliphatic rings. The van der Waals surface area contributed by atoms with Crippen LogP contribution in [0.3, 0.4) is 0 Å². The third kappa shape index (κ3) is 2.90. The minimum atomic E-state index is -0.911. The molecule has 0 aliphatic heterocycles. The van der Waals surface area contributed by atoms with Gasteiger partial charge in [-0.3, -0.25) is 4.79 Å². The molecule has 0 aliphatic carbocycles. The minimum Gasteiger partial charge on any atom is -0.481 e. The summed E-state index contributed by atoms with van der Waals surface area (Å²) in [6, 6.07) is 6.20. The van der Waals surface area contributed by atoms with Crippen LogP contribution in [0.4, 0.5) is 4.39 Å². The minimum absolute atomic E-state index is 0.0880. The summed E-state index contributed by atoms with van der Waals surface area (Å²) < 4.78 is 14.7. The molecular formula is C12H11FN2O2. The van der Waals surface area contributed by atoms with Gasteiger partial charge in [-0.05, 0) is 17.7 Å². The molecule has 0 spiro atoms. The van der Waals surface area contributed by atoms with Crippen molar-refractivity contribution < 1.29 is 14.3 Å². The Morgan fingerprint density at radius 2 is 2.29 bits per heavy atom. The zero-order valence-corrected chi connectivity index (χ0v) is 9.01. The van der Waals surface area contributed by atoms with Crippen molar-refractivity contribution in [1.82, 2.24) is 9.55 Å². The molecule has 0 bridgehead atoms. The van der Waals surface area contributed by atoms with Crippen LogP contribution in [0.25, 0.3) is 0 Å². The van der Waals surface area contributed by atoms with Crippen LogP contribution < -0.4 is 0 Å². The first-order chi connectivity index (χ1) is 8.15. The largest absolute Gasteiger partial charge is 0.481 e. The summed E-state index contributed by atoms with van der Waals surface area (Å²) in [6.07, 6.45) is 2.96. The van der Waals surface area contributed by atoms with Crippen LogP contribution in [0.2, 0.25) is 0 Å². The molecule has 0 unspecified atom stereocenters. The number of hydrogen-bond acceptors (Lipinski definition) is 2. The maximum absolute atomic E-state index is 13.0. The normalized spacial score (nSPS) is 10.4. The van der Waals surface area contributed by atoms with Gasteiger partial charge in [-0.2, -0.15) is 0 Å². The molecule has 0 saturated heterocycles. The summed E-state index contributed by atoms with van der Waals surface area (Å²) >= 11 is 0. The molecule has 1 N–H and O–H groups in total. The molecule has 1 aromatic carbocycles. The third-order valence-electron chi connectivity index (χ3n) is 2.37. The first-order valence-corrected chi connectivity index (χ1v) is 5.10. The van der Waals surface area contributed by atoms with E-state index in [9.17, 15) is 9.18 Å². The first-order valence-electron chi connectivity index (χ1n) is 5.10. The van der Waals surface area contributed by atoms with E-state index in [0.717, 1.165) is 5.56 Å². The number of aliphatic carboxylic acids is 1. The van der Waals surface area contributed by atoms with E-state index in [1.807, 2.05) is 0 Å². The van der Waals surface area contributed by atoms with E-state index in [2.05, 4.69) is 4.98 Å². The second-order valence-corrected chi connectivity index (χ2v) is 3.71. The topological polar surface area (TPSA) is 55.1 Å². The van der Waals surface area contributed by atoms with Gasteiger partial charge in [0.15, 0.2) is 0 Å². The highest BCUT2D eigenvalue weighted by atomic mass is 19.1. The Balaban J connectivity index is 2.18. The Kier molecular flexibility index (Phi) is 3.18. The molecule has 1 aromatic heterocycles. The fourth-order valence-corrected chi connectivity index (χ4v) is 1.62. The molecule has 0 radical (unpaired) electrons. The van der Waals surface area contributed by atoms with Gasteiger partial charge in [0.05, 0.1) is 12.7 Å². The van der Waals surface area contributed by atoms with Gasteiger partial charge < -0.3 is 9.67 Å². The SMILES string of the molecule is O=C(O)Cc1cncn1Cc1cccc(F)c1. The van der Waals surface area contributed by atoms with Crippen LogP contribution in [0.5, 0.6) is 0 Å². The molecule has 2 rings (SSSR count). The van der Waals surface area contributed by atoms with Gasteiger partial charge in [0.1, 0.15) is 5.82 Å². The highest BCUT2D eigenvalue weighted by molar-refractivity contribution is 5.69. The van der Waals surface area contributed by atoms with Crippen molar-refractivity contribution in [1.29, 1.82) is 0 Å². The monoisotopic (exact) mass is 234 g/mol. The molecule has 1 heterocycles. The van der Waals surface area contributed by atoms with Crippen molar-refractivity contribution >= 4 is 5.97 Å². The average Bonchev–Trinajstić information content (AvgIpc) is 2.65. The molecule has 5 heteroatoms. The highest BCUT2D eigenvalue weighted by Gasteiger charge is 2.07. The van der Waals surface area contributed by atoms with Crippen molar-refractivity contribution in [2.75, 3.05) is 0 Å². The number of carbonyl (C=O) groups is 1. The lowest BCUT2D eigenvalue weighted by Crippen LogP contribution is -2.08. The third-order valence-corrected chi connectivity index (χ3v) is 2.37. The number of nitrogens with zero attached hydrogens (tertiary/aromatic N) is 2. The van der Waals surface area contributed by atoms with E-state index in [1.165, 1.54) is 18.3 Å². The van der Waals surface area contributed by atoms with Crippen LogP contribution >= 0.6 is 0 Å². The van der Waals surface area contributed by atoms with Crippen LogP contribution in [0.15, 0.2) is 36.8 Å². The van der Waals surface area contributed by atoms with Gasteiger partial charge in [-0.15, -0.1) is 0 Å². The summed E-state index contributed by atoms with van der Waals surface area (Å²) in [5.74, 6) is -1.21. The first kappa shape index (κ1) is 11.3. The fraction of sp³-hybridized carbons (Fsp3) is 0.167. The quantitative estimate of drug-likeness (QED) is 0.875.